The molecule has 2 fully saturated rings. The van der Waals surface area contributed by atoms with Gasteiger partial charge in [-0.2, -0.15) is 0 Å². The Morgan fingerprint density at radius 2 is 1.90 bits per heavy atom. The van der Waals surface area contributed by atoms with Gasteiger partial charge in [0.15, 0.2) is 5.82 Å². The van der Waals surface area contributed by atoms with Gasteiger partial charge >= 0.3 is 0 Å². The van der Waals surface area contributed by atoms with E-state index in [1.807, 2.05) is 48.9 Å². The Labute approximate surface area is 233 Å². The molecule has 4 aromatic heterocycles. The van der Waals surface area contributed by atoms with Gasteiger partial charge in [0.2, 0.25) is 0 Å². The summed E-state index contributed by atoms with van der Waals surface area (Å²) in [6.07, 6.45) is 9.04. The number of methoxy groups -OCH3 is 1. The van der Waals surface area contributed by atoms with Gasteiger partial charge in [-0.15, -0.1) is 0 Å². The van der Waals surface area contributed by atoms with Gasteiger partial charge in [0, 0.05) is 40.8 Å². The highest BCUT2D eigenvalue weighted by Crippen LogP contribution is 2.46. The normalized spacial score (nSPS) is 19.6. The van der Waals surface area contributed by atoms with E-state index in [-0.39, 0.29) is 11.5 Å². The molecule has 5 aromatic rings. The average Bonchev–Trinajstić information content (AvgIpc) is 3.73. The second kappa shape index (κ2) is 9.64. The number of nitrogens with two attached hydrogens (primary N) is 1. The predicted octanol–water partition coefficient (Wildman–Crippen LogP) is 5.76. The molecule has 0 bridgehead atoms. The number of ether oxygens (including phenoxy) is 1. The van der Waals surface area contributed by atoms with Crippen LogP contribution in [0, 0.1) is 11.3 Å². The maximum atomic E-state index is 7.20. The minimum absolute atomic E-state index is 0.0517. The van der Waals surface area contributed by atoms with E-state index in [1.165, 1.54) is 18.4 Å². The summed E-state index contributed by atoms with van der Waals surface area (Å²) in [4.78, 5) is 23.1. The van der Waals surface area contributed by atoms with Crippen LogP contribution in [0.2, 0.25) is 0 Å². The van der Waals surface area contributed by atoms with Crippen molar-refractivity contribution in [2.24, 2.45) is 17.1 Å². The lowest BCUT2D eigenvalue weighted by Gasteiger charge is -2.42. The third kappa shape index (κ3) is 4.22. The first-order chi connectivity index (χ1) is 19.4. The van der Waals surface area contributed by atoms with E-state index < -0.39 is 0 Å². The van der Waals surface area contributed by atoms with E-state index in [1.54, 1.807) is 7.11 Å². The van der Waals surface area contributed by atoms with Crippen molar-refractivity contribution in [1.82, 2.24) is 30.2 Å². The second-order valence-corrected chi connectivity index (χ2v) is 11.9. The smallest absolute Gasteiger partial charge is 0.160 e. The van der Waals surface area contributed by atoms with Crippen molar-refractivity contribution in [3.8, 4) is 28.4 Å². The van der Waals surface area contributed by atoms with Crippen molar-refractivity contribution < 1.29 is 4.74 Å². The van der Waals surface area contributed by atoms with Crippen LogP contribution in [0.4, 0.5) is 0 Å². The fourth-order valence-electron chi connectivity index (χ4n) is 6.48. The van der Waals surface area contributed by atoms with Crippen molar-refractivity contribution in [2.75, 3.05) is 20.2 Å². The molecule has 0 spiro atoms. The van der Waals surface area contributed by atoms with Gasteiger partial charge in [-0.3, -0.25) is 4.98 Å². The van der Waals surface area contributed by atoms with E-state index in [0.29, 0.717) is 17.7 Å². The molecular weight excluding hydrogens is 498 g/mol. The van der Waals surface area contributed by atoms with Gasteiger partial charge in [0.05, 0.1) is 36.3 Å². The minimum atomic E-state index is -0.214. The molecule has 8 nitrogen and oxygen atoms in total. The van der Waals surface area contributed by atoms with Crippen LogP contribution in [-0.4, -0.2) is 45.1 Å². The summed E-state index contributed by atoms with van der Waals surface area (Å²) >= 11 is 0. The molecule has 1 aromatic carbocycles. The van der Waals surface area contributed by atoms with Crippen molar-refractivity contribution in [3.63, 3.8) is 0 Å². The maximum absolute atomic E-state index is 7.20. The second-order valence-electron chi connectivity index (χ2n) is 11.9. The van der Waals surface area contributed by atoms with Gasteiger partial charge in [-0.1, -0.05) is 26.0 Å². The predicted molar refractivity (Wildman–Crippen MR) is 158 cm³/mol. The van der Waals surface area contributed by atoms with Crippen LogP contribution in [0.25, 0.3) is 44.6 Å². The summed E-state index contributed by atoms with van der Waals surface area (Å²) in [5.74, 6) is 2.26. The number of para-hydroxylation sites is 1. The number of H-pyrrole nitrogens is 1. The fraction of sp³-hybridized carbons (Fsp3) is 0.375. The summed E-state index contributed by atoms with van der Waals surface area (Å²) in [5.41, 5.74) is 13.9. The number of piperidine rings is 1. The zero-order valence-electron chi connectivity index (χ0n) is 23.2. The van der Waals surface area contributed by atoms with Crippen LogP contribution >= 0.6 is 0 Å². The number of fused-ring (bicyclic) bond motifs is 2. The third-order valence-electron chi connectivity index (χ3n) is 8.82. The number of nitrogens with one attached hydrogen (secondary N) is 2. The van der Waals surface area contributed by atoms with E-state index >= 15 is 0 Å². The Kier molecular flexibility index (Phi) is 6.05. The molecule has 40 heavy (non-hydrogen) atoms. The Morgan fingerprint density at radius 1 is 1.05 bits per heavy atom. The molecule has 0 amide bonds. The zero-order chi connectivity index (χ0) is 27.4. The lowest BCUT2D eigenvalue weighted by atomic mass is 9.70. The molecule has 4 N–H and O–H groups in total. The number of nitrogens with zero attached hydrogens (tertiary/aromatic N) is 4. The summed E-state index contributed by atoms with van der Waals surface area (Å²) in [6, 6.07) is 11.9. The van der Waals surface area contributed by atoms with E-state index in [4.69, 9.17) is 20.4 Å². The third-order valence-corrected chi connectivity index (χ3v) is 8.82. The first-order valence-corrected chi connectivity index (χ1v) is 14.2. The lowest BCUT2D eigenvalue weighted by molar-refractivity contribution is 0.128. The Bertz CT molecular complexity index is 1720. The molecule has 7 rings (SSSR count). The Hall–Kier alpha value is -3.88. The number of rotatable bonds is 6. The summed E-state index contributed by atoms with van der Waals surface area (Å²) in [7, 11) is 1.69. The largest absolute Gasteiger partial charge is 0.496 e. The fourth-order valence-corrected chi connectivity index (χ4v) is 6.48. The molecule has 2 unspecified atom stereocenters. The molecule has 1 aliphatic heterocycles. The van der Waals surface area contributed by atoms with Gasteiger partial charge in [-0.05, 0) is 72.9 Å². The van der Waals surface area contributed by atoms with E-state index in [2.05, 4.69) is 40.2 Å². The van der Waals surface area contributed by atoms with Gasteiger partial charge in [0.25, 0.3) is 0 Å². The van der Waals surface area contributed by atoms with E-state index in [9.17, 15) is 0 Å². The number of benzene rings is 1. The molecule has 204 valence electrons. The molecular formula is C32H35N7O. The summed E-state index contributed by atoms with van der Waals surface area (Å²) in [6.45, 7) is 6.53. The summed E-state index contributed by atoms with van der Waals surface area (Å²) in [5, 5.41) is 5.60. The molecule has 5 heterocycles. The monoisotopic (exact) mass is 533 g/mol. The van der Waals surface area contributed by atoms with Crippen molar-refractivity contribution in [1.29, 1.82) is 0 Å². The molecule has 0 radical (unpaired) electrons. The van der Waals surface area contributed by atoms with Gasteiger partial charge in [0.1, 0.15) is 11.4 Å². The topological polar surface area (TPSA) is 115 Å². The quantitative estimate of drug-likeness (QED) is 0.254. The minimum Gasteiger partial charge on any atom is -0.496 e. The molecule has 8 heteroatoms. The van der Waals surface area contributed by atoms with Gasteiger partial charge in [-0.25, -0.2) is 15.0 Å². The van der Waals surface area contributed by atoms with Crippen LogP contribution < -0.4 is 15.8 Å². The van der Waals surface area contributed by atoms with Crippen LogP contribution in [0.1, 0.15) is 56.3 Å². The zero-order valence-corrected chi connectivity index (χ0v) is 23.2. The highest BCUT2D eigenvalue weighted by atomic mass is 16.5. The standard InChI is InChI=1S/C32H35N7O/c1-32(2)17-34-12-11-23(32)28(33)29-27-22(18-8-9-18)15-35-16-25(27)38-31(39-29)19-10-13-36-30-21(19)14-24(37-30)20-6-4-5-7-26(20)40-3/h4-7,10,13-16,18,23,28,34H,8-9,11-12,17,33H2,1-3H3,(H,36,37). The Balaban J connectivity index is 1.42. The Morgan fingerprint density at radius 3 is 2.70 bits per heavy atom. The van der Waals surface area contributed by atoms with Crippen molar-refractivity contribution in [2.45, 2.75) is 45.1 Å². The first-order valence-electron chi connectivity index (χ1n) is 14.2. The number of aromatic nitrogens is 5. The van der Waals surface area contributed by atoms with Gasteiger partial charge < -0.3 is 20.8 Å². The molecule has 2 atom stereocenters. The molecule has 1 saturated heterocycles. The lowest BCUT2D eigenvalue weighted by Crippen LogP contribution is -2.47. The van der Waals surface area contributed by atoms with Crippen LogP contribution in [0.3, 0.4) is 0 Å². The molecule has 2 aliphatic rings. The SMILES string of the molecule is COc1ccccc1-c1cc2c(-c3nc(C(N)C4CCNCC4(C)C)c4c(C5CC5)cncc4n3)ccnc2[nH]1. The number of aromatic amines is 1. The number of hydrogen-bond acceptors (Lipinski definition) is 7. The van der Waals surface area contributed by atoms with Crippen LogP contribution in [0.15, 0.2) is 55.0 Å². The molecule has 1 aliphatic carbocycles. The highest BCUT2D eigenvalue weighted by Gasteiger charge is 2.39. The van der Waals surface area contributed by atoms with Crippen molar-refractivity contribution in [3.05, 3.63) is 66.2 Å². The van der Waals surface area contributed by atoms with Crippen LogP contribution in [0.5, 0.6) is 5.75 Å². The van der Waals surface area contributed by atoms with Crippen molar-refractivity contribution >= 4 is 21.9 Å². The van der Waals surface area contributed by atoms with Crippen LogP contribution in [-0.2, 0) is 0 Å². The molecule has 1 saturated carbocycles. The number of hydrogen-bond donors (Lipinski definition) is 3. The number of pyridine rings is 2. The first kappa shape index (κ1) is 25.1. The van der Waals surface area contributed by atoms with E-state index in [0.717, 1.165) is 69.7 Å². The maximum Gasteiger partial charge on any atom is 0.160 e. The summed E-state index contributed by atoms with van der Waals surface area (Å²) < 4.78 is 5.62. The average molecular weight is 534 g/mol. The highest BCUT2D eigenvalue weighted by molar-refractivity contribution is 5.96.